The molecule has 4 heteroatoms. The molecule has 112 valence electrons. The molecular weight excluding hydrogens is 268 g/mol. The van der Waals surface area contributed by atoms with E-state index in [-0.39, 0.29) is 5.60 Å². The van der Waals surface area contributed by atoms with Gasteiger partial charge in [-0.2, -0.15) is 0 Å². The first kappa shape index (κ1) is 14.5. The number of methoxy groups -OCH3 is 1. The maximum absolute atomic E-state index is 5.98. The highest BCUT2D eigenvalue weighted by Gasteiger charge is 2.36. The summed E-state index contributed by atoms with van der Waals surface area (Å²) in [6.45, 7) is 3.12. The first-order valence-corrected chi connectivity index (χ1v) is 8.80. The Hall–Kier alpha value is -0.450. The lowest BCUT2D eigenvalue weighted by molar-refractivity contribution is -0.0280. The monoisotopic (exact) mass is 294 g/mol. The summed E-state index contributed by atoms with van der Waals surface area (Å²) >= 11 is 1.87. The molecule has 1 aromatic heterocycles. The van der Waals surface area contributed by atoms with Gasteiger partial charge < -0.3 is 10.1 Å². The molecule has 0 atom stereocenters. The van der Waals surface area contributed by atoms with Gasteiger partial charge in [0, 0.05) is 24.6 Å². The van der Waals surface area contributed by atoms with E-state index >= 15 is 0 Å². The molecule has 1 heterocycles. The van der Waals surface area contributed by atoms with Gasteiger partial charge in [-0.25, -0.2) is 4.98 Å². The molecule has 0 aromatic carbocycles. The van der Waals surface area contributed by atoms with Crippen LogP contribution >= 0.6 is 11.3 Å². The van der Waals surface area contributed by atoms with Crippen LogP contribution in [0, 0.1) is 6.92 Å². The summed E-state index contributed by atoms with van der Waals surface area (Å²) in [5.74, 6) is 0. The van der Waals surface area contributed by atoms with E-state index in [9.17, 15) is 0 Å². The molecule has 1 aromatic rings. The number of hydrogen-bond donors (Lipinski definition) is 1. The molecule has 3 nitrogen and oxygen atoms in total. The van der Waals surface area contributed by atoms with Gasteiger partial charge in [0.2, 0.25) is 0 Å². The average Bonchev–Trinajstić information content (AvgIpc) is 3.24. The maximum Gasteiger partial charge on any atom is 0.125 e. The van der Waals surface area contributed by atoms with Crippen molar-refractivity contribution in [1.82, 2.24) is 10.3 Å². The molecular formula is C16H26N2OS. The molecule has 0 unspecified atom stereocenters. The van der Waals surface area contributed by atoms with Crippen molar-refractivity contribution < 1.29 is 4.74 Å². The normalized spacial score (nSPS) is 22.7. The van der Waals surface area contributed by atoms with Crippen LogP contribution in [0.1, 0.15) is 66.9 Å². The fourth-order valence-corrected chi connectivity index (χ4v) is 4.35. The van der Waals surface area contributed by atoms with Gasteiger partial charge in [0.25, 0.3) is 0 Å². The minimum absolute atomic E-state index is 0.107. The fraction of sp³-hybridized carbons (Fsp3) is 0.812. The smallest absolute Gasteiger partial charge is 0.125 e. The third-order valence-electron chi connectivity index (χ3n) is 4.71. The van der Waals surface area contributed by atoms with Crippen LogP contribution in [0.5, 0.6) is 0 Å². The van der Waals surface area contributed by atoms with E-state index in [1.54, 1.807) is 0 Å². The molecule has 0 bridgehead atoms. The number of rotatable bonds is 5. The van der Waals surface area contributed by atoms with Gasteiger partial charge >= 0.3 is 0 Å². The second-order valence-corrected chi connectivity index (χ2v) is 7.38. The van der Waals surface area contributed by atoms with Crippen molar-refractivity contribution in [1.29, 1.82) is 0 Å². The predicted molar refractivity (Wildman–Crippen MR) is 83.1 cm³/mol. The quantitative estimate of drug-likeness (QED) is 0.836. The number of ether oxygens (including phenoxy) is 1. The highest BCUT2D eigenvalue weighted by atomic mass is 32.1. The zero-order chi connectivity index (χ0) is 14.0. The molecule has 0 radical (unpaired) electrons. The number of aromatic nitrogens is 1. The van der Waals surface area contributed by atoms with Crippen LogP contribution < -0.4 is 5.32 Å². The second-order valence-electron chi connectivity index (χ2n) is 6.30. The van der Waals surface area contributed by atoms with Gasteiger partial charge in [-0.05, 0) is 32.6 Å². The molecule has 20 heavy (non-hydrogen) atoms. The Morgan fingerprint density at radius 3 is 2.55 bits per heavy atom. The Balaban J connectivity index is 1.77. The van der Waals surface area contributed by atoms with Crippen molar-refractivity contribution in [2.75, 3.05) is 7.11 Å². The third kappa shape index (κ3) is 3.07. The Morgan fingerprint density at radius 2 is 1.95 bits per heavy atom. The number of thiazole rings is 1. The first-order valence-electron chi connectivity index (χ1n) is 7.99. The van der Waals surface area contributed by atoms with E-state index in [0.29, 0.717) is 0 Å². The van der Waals surface area contributed by atoms with Crippen LogP contribution in [-0.2, 0) is 16.9 Å². The van der Waals surface area contributed by atoms with Crippen LogP contribution in [0.25, 0.3) is 0 Å². The lowest BCUT2D eigenvalue weighted by Crippen LogP contribution is -2.27. The van der Waals surface area contributed by atoms with E-state index in [1.165, 1.54) is 54.1 Å². The van der Waals surface area contributed by atoms with Gasteiger partial charge in [-0.1, -0.05) is 25.7 Å². The van der Waals surface area contributed by atoms with E-state index in [0.717, 1.165) is 25.4 Å². The highest BCUT2D eigenvalue weighted by Crippen LogP contribution is 2.41. The number of aryl methyl sites for hydroxylation is 1. The number of nitrogens with one attached hydrogen (secondary N) is 1. The lowest BCUT2D eigenvalue weighted by Gasteiger charge is -2.29. The Bertz CT molecular complexity index is 445. The first-order chi connectivity index (χ1) is 9.73. The van der Waals surface area contributed by atoms with Gasteiger partial charge in [0.1, 0.15) is 10.6 Å². The zero-order valence-electron chi connectivity index (χ0n) is 12.7. The topological polar surface area (TPSA) is 34.1 Å². The van der Waals surface area contributed by atoms with Crippen LogP contribution in [0.15, 0.2) is 0 Å². The molecule has 2 fully saturated rings. The minimum Gasteiger partial charge on any atom is -0.371 e. The molecule has 3 rings (SSSR count). The maximum atomic E-state index is 5.98. The number of hydrogen-bond acceptors (Lipinski definition) is 4. The summed E-state index contributed by atoms with van der Waals surface area (Å²) in [6.07, 6.45) is 10.2. The Labute approximate surface area is 126 Å². The molecule has 0 saturated heterocycles. The summed E-state index contributed by atoms with van der Waals surface area (Å²) in [4.78, 5) is 6.27. The van der Waals surface area contributed by atoms with Crippen molar-refractivity contribution in [2.45, 2.75) is 76.5 Å². The van der Waals surface area contributed by atoms with Gasteiger partial charge in [0.15, 0.2) is 0 Å². The largest absolute Gasteiger partial charge is 0.371 e. The van der Waals surface area contributed by atoms with E-state index in [4.69, 9.17) is 9.72 Å². The molecule has 2 aliphatic carbocycles. The van der Waals surface area contributed by atoms with Gasteiger partial charge in [-0.3, -0.25) is 0 Å². The summed E-state index contributed by atoms with van der Waals surface area (Å²) in [6, 6.07) is 0.759. The average molecular weight is 294 g/mol. The summed E-state index contributed by atoms with van der Waals surface area (Å²) in [5.41, 5.74) is 1.09. The van der Waals surface area contributed by atoms with Crippen LogP contribution in [0.4, 0.5) is 0 Å². The van der Waals surface area contributed by atoms with Crippen LogP contribution in [0.2, 0.25) is 0 Å². The number of nitrogens with zero attached hydrogens (tertiary/aromatic N) is 1. The lowest BCUT2D eigenvalue weighted by atomic mass is 9.95. The van der Waals surface area contributed by atoms with E-state index in [2.05, 4.69) is 12.2 Å². The molecule has 1 N–H and O–H groups in total. The minimum atomic E-state index is -0.107. The van der Waals surface area contributed by atoms with Crippen molar-refractivity contribution in [3.05, 3.63) is 15.6 Å². The summed E-state index contributed by atoms with van der Waals surface area (Å²) in [7, 11) is 1.87. The Kier molecular flexibility index (Phi) is 4.43. The van der Waals surface area contributed by atoms with Gasteiger partial charge in [-0.15, -0.1) is 11.3 Å². The van der Waals surface area contributed by atoms with Crippen LogP contribution in [0.3, 0.4) is 0 Å². The molecule has 0 spiro atoms. The molecule has 2 aliphatic rings. The summed E-state index contributed by atoms with van der Waals surface area (Å²) in [5, 5.41) is 4.82. The van der Waals surface area contributed by atoms with Crippen molar-refractivity contribution in [3.63, 3.8) is 0 Å². The Morgan fingerprint density at radius 1 is 1.25 bits per heavy atom. The zero-order valence-corrected chi connectivity index (χ0v) is 13.5. The van der Waals surface area contributed by atoms with Gasteiger partial charge in [0.05, 0.1) is 5.69 Å². The summed E-state index contributed by atoms with van der Waals surface area (Å²) < 4.78 is 5.98. The van der Waals surface area contributed by atoms with Crippen molar-refractivity contribution in [2.24, 2.45) is 0 Å². The molecule has 0 aliphatic heterocycles. The predicted octanol–water partition coefficient (Wildman–Crippen LogP) is 3.90. The van der Waals surface area contributed by atoms with E-state index < -0.39 is 0 Å². The van der Waals surface area contributed by atoms with E-state index in [1.807, 2.05) is 18.4 Å². The van der Waals surface area contributed by atoms with Crippen molar-refractivity contribution in [3.8, 4) is 0 Å². The molecule has 0 amide bonds. The molecule has 2 saturated carbocycles. The third-order valence-corrected chi connectivity index (χ3v) is 6.06. The van der Waals surface area contributed by atoms with Crippen molar-refractivity contribution >= 4 is 11.3 Å². The highest BCUT2D eigenvalue weighted by molar-refractivity contribution is 7.11. The SMILES string of the molecule is COC1(c2nc(C)c(CNC3CC3)s2)CCCCCC1. The van der Waals surface area contributed by atoms with Crippen LogP contribution in [-0.4, -0.2) is 18.1 Å². The fourth-order valence-electron chi connectivity index (χ4n) is 3.12. The second kappa shape index (κ2) is 6.12. The standard InChI is InChI=1S/C16H26N2OS/c1-12-14(11-17-13-7-8-13)20-15(18-12)16(19-2)9-5-3-4-6-10-16/h13,17H,3-11H2,1-2H3.